The largest absolute Gasteiger partial charge is 0.417 e. The van der Waals surface area contributed by atoms with Gasteiger partial charge in [-0.3, -0.25) is 4.79 Å². The van der Waals surface area contributed by atoms with Gasteiger partial charge in [0, 0.05) is 6.54 Å². The number of hydrogen-bond donors (Lipinski definition) is 1. The minimum atomic E-state index is -4.75. The van der Waals surface area contributed by atoms with Crippen molar-refractivity contribution in [3.63, 3.8) is 0 Å². The minimum absolute atomic E-state index is 0.199. The molecule has 1 amide bonds. The molecule has 0 saturated heterocycles. The molecule has 0 atom stereocenters. The number of carbonyl (C=O) groups excluding carboxylic acids is 1. The van der Waals surface area contributed by atoms with E-state index >= 15 is 0 Å². The first-order valence-corrected chi connectivity index (χ1v) is 5.01. The molecule has 0 unspecified atom stereocenters. The monoisotopic (exact) mass is 249 g/mol. The van der Waals surface area contributed by atoms with Crippen LogP contribution in [0.25, 0.3) is 0 Å². The fraction of sp³-hybridized carbons (Fsp3) is 0.364. The van der Waals surface area contributed by atoms with Gasteiger partial charge in [-0.2, -0.15) is 13.2 Å². The summed E-state index contributed by atoms with van der Waals surface area (Å²) in [5, 5.41) is 2.22. The van der Waals surface area contributed by atoms with E-state index in [9.17, 15) is 22.4 Å². The maximum Gasteiger partial charge on any atom is 0.417 e. The molecule has 6 heteroatoms. The lowest BCUT2D eigenvalue weighted by Crippen LogP contribution is -2.28. The summed E-state index contributed by atoms with van der Waals surface area (Å²) in [6, 6.07) is 2.44. The van der Waals surface area contributed by atoms with Gasteiger partial charge in [0.15, 0.2) is 0 Å². The van der Waals surface area contributed by atoms with E-state index in [0.717, 1.165) is 12.1 Å². The van der Waals surface area contributed by atoms with Crippen molar-refractivity contribution in [3.05, 3.63) is 35.1 Å². The van der Waals surface area contributed by atoms with Crippen molar-refractivity contribution in [2.45, 2.75) is 19.5 Å². The van der Waals surface area contributed by atoms with Gasteiger partial charge in [-0.1, -0.05) is 13.0 Å². The Labute approximate surface area is 95.6 Å². The number of hydrogen-bond acceptors (Lipinski definition) is 1. The number of amides is 1. The van der Waals surface area contributed by atoms with Crippen LogP contribution in [0.3, 0.4) is 0 Å². The molecule has 1 N–H and O–H groups in total. The second-order valence-corrected chi connectivity index (χ2v) is 3.42. The van der Waals surface area contributed by atoms with E-state index < -0.39 is 29.0 Å². The molecule has 2 nitrogen and oxygen atoms in total. The molecule has 0 aliphatic heterocycles. The number of rotatable bonds is 3. The fourth-order valence-electron chi connectivity index (χ4n) is 1.32. The maximum absolute atomic E-state index is 13.3. The molecule has 1 rings (SSSR count). The Hall–Kier alpha value is -1.59. The summed E-state index contributed by atoms with van der Waals surface area (Å²) in [6.07, 6.45) is -4.19. The van der Waals surface area contributed by atoms with Crippen molar-refractivity contribution in [2.24, 2.45) is 0 Å². The smallest absolute Gasteiger partial charge is 0.352 e. The Bertz CT molecular complexity index is 414. The first-order chi connectivity index (χ1) is 7.88. The van der Waals surface area contributed by atoms with Gasteiger partial charge in [0.05, 0.1) is 11.1 Å². The van der Waals surface area contributed by atoms with Gasteiger partial charge in [-0.25, -0.2) is 4.39 Å². The molecule has 0 aliphatic rings. The molecule has 0 heterocycles. The van der Waals surface area contributed by atoms with E-state index in [1.165, 1.54) is 0 Å². The Morgan fingerprint density at radius 2 is 2.00 bits per heavy atom. The summed E-state index contributed by atoms with van der Waals surface area (Å²) in [4.78, 5) is 11.4. The van der Waals surface area contributed by atoms with E-state index in [0.29, 0.717) is 12.5 Å². The standard InChI is InChI=1S/C11H11F4NO/c1-2-6-16-10(17)9-7(11(13,14)15)4-3-5-8(9)12/h3-5H,2,6H2,1H3,(H,16,17). The van der Waals surface area contributed by atoms with Crippen LogP contribution in [-0.2, 0) is 6.18 Å². The number of carbonyl (C=O) groups is 1. The van der Waals surface area contributed by atoms with Gasteiger partial charge >= 0.3 is 6.18 Å². The number of nitrogens with one attached hydrogen (secondary N) is 1. The van der Waals surface area contributed by atoms with Crippen molar-refractivity contribution in [1.29, 1.82) is 0 Å². The highest BCUT2D eigenvalue weighted by molar-refractivity contribution is 5.96. The van der Waals surface area contributed by atoms with Crippen LogP contribution in [0.15, 0.2) is 18.2 Å². The zero-order valence-corrected chi connectivity index (χ0v) is 9.07. The van der Waals surface area contributed by atoms with Crippen LogP contribution in [-0.4, -0.2) is 12.5 Å². The molecule has 0 fully saturated rings. The van der Waals surface area contributed by atoms with Gasteiger partial charge in [0.25, 0.3) is 5.91 Å². The first-order valence-electron chi connectivity index (χ1n) is 5.01. The molecule has 0 spiro atoms. The van der Waals surface area contributed by atoms with E-state index in [4.69, 9.17) is 0 Å². The zero-order valence-electron chi connectivity index (χ0n) is 9.07. The third-order valence-electron chi connectivity index (χ3n) is 2.08. The molecule has 0 aromatic heterocycles. The average Bonchev–Trinajstić information content (AvgIpc) is 2.24. The third-order valence-corrected chi connectivity index (χ3v) is 2.08. The lowest BCUT2D eigenvalue weighted by molar-refractivity contribution is -0.138. The average molecular weight is 249 g/mol. The van der Waals surface area contributed by atoms with Gasteiger partial charge in [0.1, 0.15) is 5.82 Å². The van der Waals surface area contributed by atoms with Crippen LogP contribution >= 0.6 is 0 Å². The van der Waals surface area contributed by atoms with Crippen LogP contribution in [0, 0.1) is 5.82 Å². The van der Waals surface area contributed by atoms with E-state index in [-0.39, 0.29) is 6.54 Å². The molecular formula is C11H11F4NO. The van der Waals surface area contributed by atoms with Crippen molar-refractivity contribution in [3.8, 4) is 0 Å². The first kappa shape index (κ1) is 13.5. The predicted molar refractivity (Wildman–Crippen MR) is 54.0 cm³/mol. The van der Waals surface area contributed by atoms with Gasteiger partial charge in [-0.05, 0) is 18.6 Å². The summed E-state index contributed by atoms with van der Waals surface area (Å²) in [5.41, 5.74) is -2.21. The quantitative estimate of drug-likeness (QED) is 0.820. The summed E-state index contributed by atoms with van der Waals surface area (Å²) in [5.74, 6) is -2.22. The highest BCUT2D eigenvalue weighted by atomic mass is 19.4. The van der Waals surface area contributed by atoms with Gasteiger partial charge in [-0.15, -0.1) is 0 Å². The van der Waals surface area contributed by atoms with Gasteiger partial charge in [0.2, 0.25) is 0 Å². The maximum atomic E-state index is 13.3. The highest BCUT2D eigenvalue weighted by Gasteiger charge is 2.36. The molecule has 0 aliphatic carbocycles. The lowest BCUT2D eigenvalue weighted by atomic mass is 10.1. The van der Waals surface area contributed by atoms with Crippen molar-refractivity contribution < 1.29 is 22.4 Å². The molecule has 0 saturated carbocycles. The Morgan fingerprint density at radius 3 is 2.53 bits per heavy atom. The lowest BCUT2D eigenvalue weighted by Gasteiger charge is -2.13. The summed E-state index contributed by atoms with van der Waals surface area (Å²) in [6.45, 7) is 1.94. The number of halogens is 4. The molecule has 0 radical (unpaired) electrons. The third kappa shape index (κ3) is 3.18. The highest BCUT2D eigenvalue weighted by Crippen LogP contribution is 2.32. The molecule has 1 aromatic carbocycles. The Morgan fingerprint density at radius 1 is 1.35 bits per heavy atom. The number of benzene rings is 1. The van der Waals surface area contributed by atoms with Crippen LogP contribution in [0.2, 0.25) is 0 Å². The minimum Gasteiger partial charge on any atom is -0.352 e. The number of alkyl halides is 3. The molecular weight excluding hydrogens is 238 g/mol. The molecule has 0 bridgehead atoms. The van der Waals surface area contributed by atoms with Crippen molar-refractivity contribution in [2.75, 3.05) is 6.54 Å². The Kier molecular flexibility index (Phi) is 4.09. The van der Waals surface area contributed by atoms with Crippen LogP contribution < -0.4 is 5.32 Å². The van der Waals surface area contributed by atoms with E-state index in [1.807, 2.05) is 0 Å². The molecule has 1 aromatic rings. The fourth-order valence-corrected chi connectivity index (χ4v) is 1.32. The normalized spacial score (nSPS) is 11.4. The zero-order chi connectivity index (χ0) is 13.1. The second-order valence-electron chi connectivity index (χ2n) is 3.42. The van der Waals surface area contributed by atoms with Crippen molar-refractivity contribution >= 4 is 5.91 Å². The van der Waals surface area contributed by atoms with Gasteiger partial charge < -0.3 is 5.32 Å². The summed E-state index contributed by atoms with van der Waals surface area (Å²) >= 11 is 0. The molecule has 17 heavy (non-hydrogen) atoms. The SMILES string of the molecule is CCCNC(=O)c1c(F)cccc1C(F)(F)F. The molecule has 94 valence electrons. The Balaban J connectivity index is 3.17. The summed E-state index contributed by atoms with van der Waals surface area (Å²) in [7, 11) is 0. The van der Waals surface area contributed by atoms with Crippen LogP contribution in [0.1, 0.15) is 29.3 Å². The van der Waals surface area contributed by atoms with E-state index in [1.54, 1.807) is 6.92 Å². The topological polar surface area (TPSA) is 29.1 Å². The van der Waals surface area contributed by atoms with Crippen LogP contribution in [0.5, 0.6) is 0 Å². The van der Waals surface area contributed by atoms with E-state index in [2.05, 4.69) is 5.32 Å². The van der Waals surface area contributed by atoms with Crippen molar-refractivity contribution in [1.82, 2.24) is 5.32 Å². The summed E-state index contributed by atoms with van der Waals surface area (Å²) < 4.78 is 51.0. The second kappa shape index (κ2) is 5.16. The van der Waals surface area contributed by atoms with Crippen LogP contribution in [0.4, 0.5) is 17.6 Å². The predicted octanol–water partition coefficient (Wildman–Crippen LogP) is 2.98.